The maximum atomic E-state index is 13.7. The second kappa shape index (κ2) is 4.67. The van der Waals surface area contributed by atoms with Gasteiger partial charge in [-0.15, -0.1) is 0 Å². The molecule has 0 saturated carbocycles. The van der Waals surface area contributed by atoms with Crippen LogP contribution in [0.5, 0.6) is 0 Å². The molecule has 0 fully saturated rings. The molecule has 2 aromatic carbocycles. The van der Waals surface area contributed by atoms with Crippen LogP contribution in [-0.2, 0) is 0 Å². The Balaban J connectivity index is 2.50. The Morgan fingerprint density at radius 1 is 1.18 bits per heavy atom. The highest BCUT2D eigenvalue weighted by Crippen LogP contribution is 2.26. The van der Waals surface area contributed by atoms with Crippen molar-refractivity contribution in [3.63, 3.8) is 0 Å². The van der Waals surface area contributed by atoms with Gasteiger partial charge < -0.3 is 5.11 Å². The Morgan fingerprint density at radius 3 is 2.53 bits per heavy atom. The molecule has 0 aliphatic carbocycles. The number of halogens is 2. The summed E-state index contributed by atoms with van der Waals surface area (Å²) in [7, 11) is 0. The van der Waals surface area contributed by atoms with Crippen molar-refractivity contribution in [2.24, 2.45) is 0 Å². The van der Waals surface area contributed by atoms with Crippen molar-refractivity contribution in [2.75, 3.05) is 0 Å². The number of carboxylic acid groups (broad SMARTS) is 1. The van der Waals surface area contributed by atoms with Gasteiger partial charge in [0.15, 0.2) is 0 Å². The molecule has 4 heteroatoms. The fourth-order valence-electron chi connectivity index (χ4n) is 1.54. The van der Waals surface area contributed by atoms with E-state index in [1.54, 1.807) is 18.2 Å². The van der Waals surface area contributed by atoms with E-state index in [4.69, 9.17) is 5.11 Å². The summed E-state index contributed by atoms with van der Waals surface area (Å²) in [6, 6.07) is 11.1. The second-order valence-electron chi connectivity index (χ2n) is 3.51. The van der Waals surface area contributed by atoms with Gasteiger partial charge in [0.1, 0.15) is 5.82 Å². The van der Waals surface area contributed by atoms with E-state index >= 15 is 0 Å². The Labute approximate surface area is 106 Å². The van der Waals surface area contributed by atoms with Crippen LogP contribution in [-0.4, -0.2) is 11.1 Å². The van der Waals surface area contributed by atoms with Gasteiger partial charge in [-0.3, -0.25) is 0 Å². The van der Waals surface area contributed by atoms with Gasteiger partial charge in [0.2, 0.25) is 0 Å². The largest absolute Gasteiger partial charge is 0.478 e. The zero-order chi connectivity index (χ0) is 12.4. The molecule has 0 saturated heterocycles. The minimum Gasteiger partial charge on any atom is -0.478 e. The predicted octanol–water partition coefficient (Wildman–Crippen LogP) is 3.95. The molecule has 0 spiro atoms. The maximum absolute atomic E-state index is 13.7. The highest BCUT2D eigenvalue weighted by Gasteiger charge is 2.09. The summed E-state index contributed by atoms with van der Waals surface area (Å²) in [5, 5.41) is 8.74. The minimum absolute atomic E-state index is 0.0544. The van der Waals surface area contributed by atoms with Gasteiger partial charge in [-0.1, -0.05) is 34.1 Å². The molecule has 1 N–H and O–H groups in total. The van der Waals surface area contributed by atoms with Crippen LogP contribution < -0.4 is 0 Å². The minimum atomic E-state index is -1.13. The van der Waals surface area contributed by atoms with Gasteiger partial charge in [0.25, 0.3) is 0 Å². The summed E-state index contributed by atoms with van der Waals surface area (Å²) in [4.78, 5) is 10.7. The maximum Gasteiger partial charge on any atom is 0.335 e. The number of aromatic carboxylic acids is 1. The molecule has 17 heavy (non-hydrogen) atoms. The van der Waals surface area contributed by atoms with Crippen molar-refractivity contribution >= 4 is 21.9 Å². The molecule has 0 aromatic heterocycles. The number of carbonyl (C=O) groups is 1. The van der Waals surface area contributed by atoms with E-state index in [2.05, 4.69) is 15.9 Å². The summed E-state index contributed by atoms with van der Waals surface area (Å²) in [6.07, 6.45) is 0. The lowest BCUT2D eigenvalue weighted by Gasteiger charge is -2.05. The molecule has 0 unspecified atom stereocenters. The van der Waals surface area contributed by atoms with E-state index in [1.807, 2.05) is 6.07 Å². The van der Waals surface area contributed by atoms with Crippen LogP contribution in [0.25, 0.3) is 11.1 Å². The van der Waals surface area contributed by atoms with Crippen molar-refractivity contribution in [2.45, 2.75) is 0 Å². The summed E-state index contributed by atoms with van der Waals surface area (Å²) >= 11 is 3.31. The normalized spacial score (nSPS) is 10.2. The van der Waals surface area contributed by atoms with Crippen LogP contribution in [0.1, 0.15) is 10.4 Å². The third kappa shape index (κ3) is 2.53. The number of rotatable bonds is 2. The van der Waals surface area contributed by atoms with Crippen LogP contribution in [0.15, 0.2) is 46.9 Å². The van der Waals surface area contributed by atoms with E-state index in [0.29, 0.717) is 11.1 Å². The topological polar surface area (TPSA) is 37.3 Å². The SMILES string of the molecule is O=C(O)c1ccc(-c2cccc(Br)c2)c(F)c1. The summed E-state index contributed by atoms with van der Waals surface area (Å²) in [6.45, 7) is 0. The van der Waals surface area contributed by atoms with Gasteiger partial charge in [-0.05, 0) is 29.8 Å². The zero-order valence-corrected chi connectivity index (χ0v) is 10.2. The number of hydrogen-bond donors (Lipinski definition) is 1. The van der Waals surface area contributed by atoms with Crippen molar-refractivity contribution in [3.8, 4) is 11.1 Å². The van der Waals surface area contributed by atoms with Gasteiger partial charge in [0.05, 0.1) is 5.56 Å². The zero-order valence-electron chi connectivity index (χ0n) is 8.65. The fraction of sp³-hybridized carbons (Fsp3) is 0. The lowest BCUT2D eigenvalue weighted by molar-refractivity contribution is 0.0696. The molecule has 0 atom stereocenters. The van der Waals surface area contributed by atoms with Crippen molar-refractivity contribution < 1.29 is 14.3 Å². The summed E-state index contributed by atoms with van der Waals surface area (Å²) < 4.78 is 14.6. The third-order valence-corrected chi connectivity index (χ3v) is 2.84. The Hall–Kier alpha value is -1.68. The number of hydrogen-bond acceptors (Lipinski definition) is 1. The quantitative estimate of drug-likeness (QED) is 0.910. The van der Waals surface area contributed by atoms with E-state index in [1.165, 1.54) is 12.1 Å². The van der Waals surface area contributed by atoms with Crippen molar-refractivity contribution in [3.05, 3.63) is 58.3 Å². The first-order chi connectivity index (χ1) is 8.08. The molecule has 2 aromatic rings. The average molecular weight is 295 g/mol. The van der Waals surface area contributed by atoms with E-state index < -0.39 is 11.8 Å². The molecule has 2 nitrogen and oxygen atoms in total. The summed E-state index contributed by atoms with van der Waals surface area (Å²) in [5.41, 5.74) is 1.03. The number of benzene rings is 2. The molecular weight excluding hydrogens is 287 g/mol. The molecule has 2 rings (SSSR count). The molecule has 0 heterocycles. The van der Waals surface area contributed by atoms with Crippen molar-refractivity contribution in [1.29, 1.82) is 0 Å². The number of carboxylic acids is 1. The van der Waals surface area contributed by atoms with Crippen molar-refractivity contribution in [1.82, 2.24) is 0 Å². The molecule has 0 aliphatic rings. The predicted molar refractivity (Wildman–Crippen MR) is 66.5 cm³/mol. The van der Waals surface area contributed by atoms with E-state index in [9.17, 15) is 9.18 Å². The Morgan fingerprint density at radius 2 is 1.94 bits per heavy atom. The van der Waals surface area contributed by atoms with E-state index in [0.717, 1.165) is 10.5 Å². The van der Waals surface area contributed by atoms with Gasteiger partial charge in [0, 0.05) is 10.0 Å². The molecule has 86 valence electrons. The Kier molecular flexibility index (Phi) is 3.24. The standard InChI is InChI=1S/C13H8BrFO2/c14-10-3-1-2-8(6-10)11-5-4-9(13(16)17)7-12(11)15/h1-7H,(H,16,17). The average Bonchev–Trinajstić information content (AvgIpc) is 2.28. The second-order valence-corrected chi connectivity index (χ2v) is 4.43. The highest BCUT2D eigenvalue weighted by atomic mass is 79.9. The molecule has 0 bridgehead atoms. The van der Waals surface area contributed by atoms with Crippen LogP contribution in [0.4, 0.5) is 4.39 Å². The third-order valence-electron chi connectivity index (χ3n) is 2.35. The van der Waals surface area contributed by atoms with Gasteiger partial charge >= 0.3 is 5.97 Å². The van der Waals surface area contributed by atoms with Crippen LogP contribution in [0.2, 0.25) is 0 Å². The Bertz CT molecular complexity index is 581. The first kappa shape index (κ1) is 11.8. The first-order valence-corrected chi connectivity index (χ1v) is 5.66. The van der Waals surface area contributed by atoms with Crippen LogP contribution in [0.3, 0.4) is 0 Å². The fourth-order valence-corrected chi connectivity index (χ4v) is 1.94. The molecule has 0 amide bonds. The van der Waals surface area contributed by atoms with Gasteiger partial charge in [-0.25, -0.2) is 9.18 Å². The van der Waals surface area contributed by atoms with Crippen LogP contribution >= 0.6 is 15.9 Å². The lowest BCUT2D eigenvalue weighted by atomic mass is 10.0. The van der Waals surface area contributed by atoms with E-state index in [-0.39, 0.29) is 5.56 Å². The molecular formula is C13H8BrFO2. The molecule has 0 radical (unpaired) electrons. The van der Waals surface area contributed by atoms with Crippen LogP contribution in [0, 0.1) is 5.82 Å². The summed E-state index contributed by atoms with van der Waals surface area (Å²) in [5.74, 6) is -1.67. The monoisotopic (exact) mass is 294 g/mol. The smallest absolute Gasteiger partial charge is 0.335 e. The van der Waals surface area contributed by atoms with Gasteiger partial charge in [-0.2, -0.15) is 0 Å². The lowest BCUT2D eigenvalue weighted by Crippen LogP contribution is -1.97. The molecule has 0 aliphatic heterocycles. The first-order valence-electron chi connectivity index (χ1n) is 4.87. The highest BCUT2D eigenvalue weighted by molar-refractivity contribution is 9.10.